The lowest BCUT2D eigenvalue weighted by atomic mass is 10.1. The van der Waals surface area contributed by atoms with Crippen molar-refractivity contribution in [3.8, 4) is 0 Å². The number of carbonyl (C=O) groups excluding carboxylic acids is 2. The zero-order valence-corrected chi connectivity index (χ0v) is 16.6. The van der Waals surface area contributed by atoms with E-state index in [9.17, 15) is 18.0 Å². The van der Waals surface area contributed by atoms with Gasteiger partial charge in [0, 0.05) is 17.1 Å². The molecule has 0 saturated carbocycles. The van der Waals surface area contributed by atoms with Gasteiger partial charge >= 0.3 is 5.97 Å². The number of benzene rings is 1. The molecule has 9 heteroatoms. The van der Waals surface area contributed by atoms with E-state index >= 15 is 0 Å². The topological polar surface area (TPSA) is 92.8 Å². The van der Waals surface area contributed by atoms with Crippen molar-refractivity contribution in [1.82, 2.24) is 9.62 Å². The van der Waals surface area contributed by atoms with Crippen LogP contribution in [-0.2, 0) is 24.3 Å². The summed E-state index contributed by atoms with van der Waals surface area (Å²) in [6.45, 7) is 5.21. The van der Waals surface area contributed by atoms with Crippen molar-refractivity contribution in [3.63, 3.8) is 0 Å². The maximum atomic E-state index is 12.8. The summed E-state index contributed by atoms with van der Waals surface area (Å²) < 4.78 is 31.7. The lowest BCUT2D eigenvalue weighted by Gasteiger charge is -2.23. The second-order valence-electron chi connectivity index (χ2n) is 7.13. The van der Waals surface area contributed by atoms with E-state index in [1.165, 1.54) is 24.3 Å². The average molecular weight is 403 g/mol. The molecule has 0 aromatic heterocycles. The molecule has 2 rings (SSSR count). The van der Waals surface area contributed by atoms with E-state index in [2.05, 4.69) is 5.32 Å². The number of sulfonamides is 1. The molecule has 1 fully saturated rings. The van der Waals surface area contributed by atoms with Gasteiger partial charge in [0.15, 0.2) is 6.61 Å². The zero-order chi connectivity index (χ0) is 19.5. The number of hydrogen-bond donors (Lipinski definition) is 1. The van der Waals surface area contributed by atoms with Gasteiger partial charge in [-0.3, -0.25) is 9.59 Å². The summed E-state index contributed by atoms with van der Waals surface area (Å²) in [5.41, 5.74) is -0.444. The quantitative estimate of drug-likeness (QED) is 0.760. The summed E-state index contributed by atoms with van der Waals surface area (Å²) in [7, 11) is -3.84. The minimum absolute atomic E-state index is 0.0621. The number of rotatable bonds is 5. The molecule has 0 radical (unpaired) electrons. The summed E-state index contributed by atoms with van der Waals surface area (Å²) in [6.07, 6.45) is 0.896. The Morgan fingerprint density at radius 2 is 1.88 bits per heavy atom. The molecule has 1 aliphatic heterocycles. The van der Waals surface area contributed by atoms with Crippen LogP contribution in [0.2, 0.25) is 5.02 Å². The highest BCUT2D eigenvalue weighted by Crippen LogP contribution is 2.27. The molecule has 1 heterocycles. The predicted molar refractivity (Wildman–Crippen MR) is 97.2 cm³/mol. The SMILES string of the molecule is CC(C)(C)NC(=O)COC(=O)[C@H]1CCCN1S(=O)(=O)c1ccc(Cl)cc1. The summed E-state index contributed by atoms with van der Waals surface area (Å²) in [4.78, 5) is 24.2. The fourth-order valence-corrected chi connectivity index (χ4v) is 4.47. The van der Waals surface area contributed by atoms with Crippen molar-refractivity contribution in [1.29, 1.82) is 0 Å². The Kier molecular flexibility index (Phi) is 6.31. The third kappa shape index (κ3) is 5.18. The maximum Gasteiger partial charge on any atom is 0.324 e. The predicted octanol–water partition coefficient (Wildman–Crippen LogP) is 1.95. The van der Waals surface area contributed by atoms with E-state index in [1.54, 1.807) is 0 Å². The average Bonchev–Trinajstić information content (AvgIpc) is 3.02. The Balaban J connectivity index is 2.06. The Morgan fingerprint density at radius 3 is 2.46 bits per heavy atom. The molecule has 0 spiro atoms. The zero-order valence-electron chi connectivity index (χ0n) is 15.0. The van der Waals surface area contributed by atoms with Crippen LogP contribution in [0.1, 0.15) is 33.6 Å². The van der Waals surface area contributed by atoms with E-state index < -0.39 is 40.1 Å². The second-order valence-corrected chi connectivity index (χ2v) is 9.46. The minimum atomic E-state index is -3.84. The van der Waals surface area contributed by atoms with E-state index in [4.69, 9.17) is 16.3 Å². The van der Waals surface area contributed by atoms with Gasteiger partial charge in [-0.05, 0) is 57.9 Å². The third-order valence-corrected chi connectivity index (χ3v) is 5.93. The standard InChI is InChI=1S/C17H23ClN2O5S/c1-17(2,3)19-15(21)11-25-16(22)14-5-4-10-20(14)26(23,24)13-8-6-12(18)7-9-13/h6-9,14H,4-5,10-11H2,1-3H3,(H,19,21)/t14-/m1/s1. The molecule has 0 bridgehead atoms. The largest absolute Gasteiger partial charge is 0.454 e. The first-order valence-corrected chi connectivity index (χ1v) is 10.1. The lowest BCUT2D eigenvalue weighted by molar-refractivity contribution is -0.152. The lowest BCUT2D eigenvalue weighted by Crippen LogP contribution is -2.45. The molecule has 144 valence electrons. The van der Waals surface area contributed by atoms with Crippen molar-refractivity contribution in [2.24, 2.45) is 0 Å². The Hall–Kier alpha value is -1.64. The molecule has 1 aromatic rings. The van der Waals surface area contributed by atoms with Crippen molar-refractivity contribution in [3.05, 3.63) is 29.3 Å². The fourth-order valence-electron chi connectivity index (χ4n) is 2.69. The smallest absolute Gasteiger partial charge is 0.324 e. The molecule has 1 saturated heterocycles. The monoisotopic (exact) mass is 402 g/mol. The molecule has 1 amide bonds. The number of carbonyl (C=O) groups is 2. The molecule has 1 N–H and O–H groups in total. The number of nitrogens with one attached hydrogen (secondary N) is 1. The molecule has 7 nitrogen and oxygen atoms in total. The minimum Gasteiger partial charge on any atom is -0.454 e. The highest BCUT2D eigenvalue weighted by Gasteiger charge is 2.40. The second kappa shape index (κ2) is 7.94. The number of esters is 1. The summed E-state index contributed by atoms with van der Waals surface area (Å²) in [5, 5.41) is 3.10. The van der Waals surface area contributed by atoms with Gasteiger partial charge < -0.3 is 10.1 Å². The summed E-state index contributed by atoms with van der Waals surface area (Å²) in [5.74, 6) is -1.15. The van der Waals surface area contributed by atoms with Gasteiger partial charge in [-0.1, -0.05) is 11.6 Å². The molecular weight excluding hydrogens is 380 g/mol. The van der Waals surface area contributed by atoms with Gasteiger partial charge in [0.05, 0.1) is 4.90 Å². The number of hydrogen-bond acceptors (Lipinski definition) is 5. The Bertz CT molecular complexity index is 771. The van der Waals surface area contributed by atoms with Crippen LogP contribution < -0.4 is 5.32 Å². The van der Waals surface area contributed by atoms with Gasteiger partial charge in [-0.15, -0.1) is 0 Å². The maximum absolute atomic E-state index is 12.8. The van der Waals surface area contributed by atoms with E-state index in [0.717, 1.165) is 4.31 Å². The highest BCUT2D eigenvalue weighted by molar-refractivity contribution is 7.89. The highest BCUT2D eigenvalue weighted by atomic mass is 35.5. The number of halogens is 1. The summed E-state index contributed by atoms with van der Waals surface area (Å²) >= 11 is 5.80. The molecular formula is C17H23ClN2O5S. The van der Waals surface area contributed by atoms with E-state index in [0.29, 0.717) is 17.9 Å². The molecule has 0 unspecified atom stereocenters. The molecule has 1 aromatic carbocycles. The first-order chi connectivity index (χ1) is 12.0. The number of ether oxygens (including phenoxy) is 1. The van der Waals surface area contributed by atoms with Crippen molar-refractivity contribution >= 4 is 33.5 Å². The van der Waals surface area contributed by atoms with Crippen LogP contribution in [0.15, 0.2) is 29.2 Å². The fraction of sp³-hybridized carbons (Fsp3) is 0.529. The van der Waals surface area contributed by atoms with Crippen LogP contribution in [0.4, 0.5) is 0 Å². The van der Waals surface area contributed by atoms with Crippen LogP contribution >= 0.6 is 11.6 Å². The van der Waals surface area contributed by atoms with Crippen molar-refractivity contribution in [2.75, 3.05) is 13.2 Å². The molecule has 0 aliphatic carbocycles. The molecule has 1 atom stereocenters. The van der Waals surface area contributed by atoms with E-state index in [-0.39, 0.29) is 11.4 Å². The Morgan fingerprint density at radius 1 is 1.27 bits per heavy atom. The molecule has 1 aliphatic rings. The number of nitrogens with zero attached hydrogens (tertiary/aromatic N) is 1. The van der Waals surface area contributed by atoms with Gasteiger partial charge in [-0.2, -0.15) is 4.31 Å². The van der Waals surface area contributed by atoms with Gasteiger partial charge in [-0.25, -0.2) is 8.42 Å². The third-order valence-electron chi connectivity index (χ3n) is 3.76. The normalized spacial score (nSPS) is 18.5. The van der Waals surface area contributed by atoms with Crippen molar-refractivity contribution < 1.29 is 22.7 Å². The van der Waals surface area contributed by atoms with Gasteiger partial charge in [0.1, 0.15) is 6.04 Å². The summed E-state index contributed by atoms with van der Waals surface area (Å²) in [6, 6.07) is 4.83. The van der Waals surface area contributed by atoms with Gasteiger partial charge in [0.25, 0.3) is 5.91 Å². The van der Waals surface area contributed by atoms with E-state index in [1.807, 2.05) is 20.8 Å². The van der Waals surface area contributed by atoms with Crippen LogP contribution in [0, 0.1) is 0 Å². The van der Waals surface area contributed by atoms with Crippen LogP contribution in [0.3, 0.4) is 0 Å². The number of amides is 1. The Labute approximate surface area is 158 Å². The van der Waals surface area contributed by atoms with Crippen LogP contribution in [0.5, 0.6) is 0 Å². The first-order valence-electron chi connectivity index (χ1n) is 8.26. The molecule has 26 heavy (non-hydrogen) atoms. The van der Waals surface area contributed by atoms with Crippen molar-refractivity contribution in [2.45, 2.75) is 50.1 Å². The van der Waals surface area contributed by atoms with Crippen LogP contribution in [-0.4, -0.2) is 49.3 Å². The van der Waals surface area contributed by atoms with Crippen LogP contribution in [0.25, 0.3) is 0 Å². The van der Waals surface area contributed by atoms with Gasteiger partial charge in [0.2, 0.25) is 10.0 Å². The first kappa shape index (κ1) is 20.7.